The Morgan fingerprint density at radius 3 is 2.38 bits per heavy atom. The van der Waals surface area contributed by atoms with Crippen molar-refractivity contribution >= 4 is 46.8 Å². The number of aromatic hydroxyl groups is 1. The number of Topliss-reactive ketones (excluding diaryl/α,β-unsaturated/α-hetero) is 4. The van der Waals surface area contributed by atoms with Crippen molar-refractivity contribution in [3.63, 3.8) is 0 Å². The highest BCUT2D eigenvalue weighted by atomic mass is 32.2. The summed E-state index contributed by atoms with van der Waals surface area (Å²) >= 11 is 1.54. The molecule has 0 bridgehead atoms. The van der Waals surface area contributed by atoms with Gasteiger partial charge in [-0.1, -0.05) is 26.0 Å². The van der Waals surface area contributed by atoms with E-state index in [4.69, 9.17) is 10.5 Å². The van der Waals surface area contributed by atoms with Gasteiger partial charge in [0.25, 0.3) is 0 Å². The third-order valence-electron chi connectivity index (χ3n) is 8.32. The molecule has 2 saturated carbocycles. The Morgan fingerprint density at radius 1 is 1.12 bits per heavy atom. The van der Waals surface area contributed by atoms with Crippen LogP contribution >= 0.6 is 11.8 Å². The largest absolute Gasteiger partial charge is 0.507 e. The molecule has 3 aliphatic carbocycles. The molecule has 0 radical (unpaired) electrons. The van der Waals surface area contributed by atoms with E-state index >= 15 is 0 Å². The lowest BCUT2D eigenvalue weighted by molar-refractivity contribution is -0.205. The van der Waals surface area contributed by atoms with Crippen molar-refractivity contribution in [2.75, 3.05) is 25.6 Å². The van der Waals surface area contributed by atoms with E-state index in [1.807, 2.05) is 6.92 Å². The van der Waals surface area contributed by atoms with Crippen molar-refractivity contribution in [3.05, 3.63) is 29.3 Å². The van der Waals surface area contributed by atoms with Gasteiger partial charge >= 0.3 is 5.97 Å². The summed E-state index contributed by atoms with van der Waals surface area (Å²) in [5, 5.41) is 22.7. The molecular formula is C28H34N2O9S. The molecule has 40 heavy (non-hydrogen) atoms. The van der Waals surface area contributed by atoms with Crippen LogP contribution < -0.4 is 5.73 Å². The molecule has 2 unspecified atom stereocenters. The molecule has 1 aromatic carbocycles. The number of primary amides is 1. The van der Waals surface area contributed by atoms with E-state index in [9.17, 15) is 39.0 Å². The van der Waals surface area contributed by atoms with Crippen LogP contribution in [0.25, 0.3) is 0 Å². The molecule has 2 fully saturated rings. The predicted molar refractivity (Wildman–Crippen MR) is 144 cm³/mol. The van der Waals surface area contributed by atoms with Crippen molar-refractivity contribution in [1.29, 1.82) is 0 Å². The van der Waals surface area contributed by atoms with Crippen LogP contribution in [0, 0.1) is 23.7 Å². The zero-order chi connectivity index (χ0) is 29.7. The second-order valence-electron chi connectivity index (χ2n) is 10.8. The van der Waals surface area contributed by atoms with E-state index in [-0.39, 0.29) is 17.7 Å². The summed E-state index contributed by atoms with van der Waals surface area (Å²) < 4.78 is 5.87. The summed E-state index contributed by atoms with van der Waals surface area (Å²) in [5.74, 6) is -12.7. The molecule has 11 nitrogen and oxygen atoms in total. The van der Waals surface area contributed by atoms with Gasteiger partial charge < -0.3 is 20.7 Å². The number of ether oxygens (including phenoxy) is 1. The van der Waals surface area contributed by atoms with E-state index in [1.54, 1.807) is 23.9 Å². The molecule has 4 rings (SSSR count). The molecule has 1 amide bonds. The van der Waals surface area contributed by atoms with Crippen molar-refractivity contribution in [2.45, 2.75) is 50.4 Å². The van der Waals surface area contributed by atoms with Crippen LogP contribution in [0.3, 0.4) is 0 Å². The van der Waals surface area contributed by atoms with Crippen molar-refractivity contribution in [1.82, 2.24) is 4.90 Å². The second-order valence-corrected chi connectivity index (χ2v) is 12.0. The number of rotatable bonds is 8. The molecule has 0 aliphatic heterocycles. The molecule has 12 heteroatoms. The second kappa shape index (κ2) is 11.1. The number of hydrogen-bond acceptors (Lipinski definition) is 11. The number of nitrogens with two attached hydrogens (primary N) is 1. The number of hydrogen-bond donors (Lipinski definition) is 3. The minimum atomic E-state index is -3.03. The number of aliphatic hydroxyl groups is 1. The number of amides is 1. The summed E-state index contributed by atoms with van der Waals surface area (Å²) in [6.07, 6.45) is -0.681. The third kappa shape index (κ3) is 4.36. The van der Waals surface area contributed by atoms with E-state index in [0.29, 0.717) is 11.3 Å². The monoisotopic (exact) mass is 574 g/mol. The Morgan fingerprint density at radius 2 is 1.80 bits per heavy atom. The van der Waals surface area contributed by atoms with Crippen LogP contribution in [-0.2, 0) is 28.7 Å². The number of phenols is 1. The molecule has 0 spiro atoms. The fourth-order valence-corrected chi connectivity index (χ4v) is 7.79. The number of benzene rings is 1. The molecule has 0 saturated heterocycles. The van der Waals surface area contributed by atoms with Gasteiger partial charge in [0.05, 0.1) is 23.4 Å². The van der Waals surface area contributed by atoms with Gasteiger partial charge in [0.15, 0.2) is 34.7 Å². The number of ketones is 4. The molecule has 216 valence electrons. The lowest BCUT2D eigenvalue weighted by Crippen LogP contribution is -2.78. The summed E-state index contributed by atoms with van der Waals surface area (Å²) in [6.45, 7) is 3.53. The molecule has 3 aliphatic rings. The Hall–Kier alpha value is -3.09. The third-order valence-corrected chi connectivity index (χ3v) is 9.62. The van der Waals surface area contributed by atoms with Crippen LogP contribution in [0.1, 0.15) is 48.5 Å². The molecule has 0 aromatic heterocycles. The number of phenolic OH excluding ortho intramolecular Hbond substituents is 1. The van der Waals surface area contributed by atoms with E-state index in [0.717, 1.165) is 12.2 Å². The first-order valence-corrected chi connectivity index (χ1v) is 14.4. The van der Waals surface area contributed by atoms with E-state index < -0.39 is 82.3 Å². The lowest BCUT2D eigenvalue weighted by Gasteiger charge is -2.57. The fourth-order valence-electron chi connectivity index (χ4n) is 6.67. The van der Waals surface area contributed by atoms with Crippen LogP contribution in [0.15, 0.2) is 18.2 Å². The predicted octanol–water partition coefficient (Wildman–Crippen LogP) is 0.483. The van der Waals surface area contributed by atoms with Gasteiger partial charge in [0.2, 0.25) is 5.91 Å². The van der Waals surface area contributed by atoms with Crippen LogP contribution in [-0.4, -0.2) is 93.5 Å². The van der Waals surface area contributed by atoms with Gasteiger partial charge in [-0.2, -0.15) is 11.8 Å². The highest BCUT2D eigenvalue weighted by Crippen LogP contribution is 2.56. The Labute approximate surface area is 235 Å². The van der Waals surface area contributed by atoms with Crippen molar-refractivity contribution in [3.8, 4) is 5.75 Å². The molecule has 1 aromatic rings. The summed E-state index contributed by atoms with van der Waals surface area (Å²) in [7, 11) is 2.94. The van der Waals surface area contributed by atoms with Gasteiger partial charge in [-0.3, -0.25) is 33.7 Å². The number of likely N-dealkylation sites (N-methyl/N-ethyl adjacent to an activating group) is 1. The Bertz CT molecular complexity index is 1280. The van der Waals surface area contributed by atoms with Crippen LogP contribution in [0.2, 0.25) is 0 Å². The topological polar surface area (TPSA) is 181 Å². The normalized spacial score (nSPS) is 33.3. The van der Waals surface area contributed by atoms with Gasteiger partial charge in [-0.05, 0) is 37.9 Å². The molecule has 4 N–H and O–H groups in total. The first-order valence-electron chi connectivity index (χ1n) is 13.3. The van der Waals surface area contributed by atoms with Crippen molar-refractivity contribution in [2.24, 2.45) is 29.4 Å². The maximum Gasteiger partial charge on any atom is 0.305 e. The summed E-state index contributed by atoms with van der Waals surface area (Å²) in [5.41, 5.74) is 2.72. The standard InChI is InChI=1S/C28H34N2O9S/c1-5-10-40-11-13-12-8-7-9-14(31)16(12)22(33)18-17(13)24(39-15(32)6-2)20-21(30(3)4)23(34)19(27(29)37)26(36)28(20,38)25(18)35/h7-9,13,17-21,24,31,38H,5-6,10-11H2,1-4H3,(H2,29,37)/t13-,17+,18?,19?,20+,21-,24-,28-/m0/s1. The number of thioether (sulfide) groups is 1. The van der Waals surface area contributed by atoms with Crippen molar-refractivity contribution < 1.29 is 43.7 Å². The molecule has 8 atom stereocenters. The number of carbonyl (C=O) groups is 6. The van der Waals surface area contributed by atoms with Crippen LogP contribution in [0.4, 0.5) is 0 Å². The Kier molecular flexibility index (Phi) is 8.26. The maximum absolute atomic E-state index is 14.3. The van der Waals surface area contributed by atoms with E-state index in [2.05, 4.69) is 0 Å². The van der Waals surface area contributed by atoms with Crippen LogP contribution in [0.5, 0.6) is 5.75 Å². The zero-order valence-electron chi connectivity index (χ0n) is 22.8. The smallest absolute Gasteiger partial charge is 0.305 e. The quantitative estimate of drug-likeness (QED) is 0.223. The first-order chi connectivity index (χ1) is 18.8. The average Bonchev–Trinajstić information content (AvgIpc) is 2.89. The van der Waals surface area contributed by atoms with E-state index in [1.165, 1.54) is 32.0 Å². The number of fused-ring (bicyclic) bond motifs is 3. The number of carbonyl (C=O) groups excluding carboxylic acids is 6. The average molecular weight is 575 g/mol. The summed E-state index contributed by atoms with van der Waals surface area (Å²) in [6, 6.07) is 3.13. The maximum atomic E-state index is 14.3. The number of esters is 1. The first kappa shape index (κ1) is 29.9. The minimum absolute atomic E-state index is 0.0913. The number of nitrogens with zero attached hydrogens (tertiary/aromatic N) is 1. The SMILES string of the molecule is CCCSC[C@H]1c2cccc(O)c2C(=O)C2C(=O)[C@]3(O)C(=O)C(C(N)=O)C(=O)[C@@H](N(C)C)[C@@H]3[C@@H](OC(=O)CC)[C@@H]21. The highest BCUT2D eigenvalue weighted by molar-refractivity contribution is 7.99. The van der Waals surface area contributed by atoms with Gasteiger partial charge in [0, 0.05) is 24.0 Å². The molecule has 0 heterocycles. The van der Waals surface area contributed by atoms with Gasteiger partial charge in [-0.15, -0.1) is 0 Å². The Balaban J connectivity index is 2.03. The lowest BCUT2D eigenvalue weighted by atomic mass is 9.49. The van der Waals surface area contributed by atoms with Gasteiger partial charge in [-0.25, -0.2) is 0 Å². The minimum Gasteiger partial charge on any atom is -0.507 e. The highest BCUT2D eigenvalue weighted by Gasteiger charge is 2.74. The fraction of sp³-hybridized carbons (Fsp3) is 0.571. The summed E-state index contributed by atoms with van der Waals surface area (Å²) in [4.78, 5) is 81.9. The van der Waals surface area contributed by atoms with Gasteiger partial charge in [0.1, 0.15) is 11.9 Å². The molecular weight excluding hydrogens is 540 g/mol. The zero-order valence-corrected chi connectivity index (χ0v) is 23.6.